The molecule has 0 unspecified atom stereocenters. The van der Waals surface area contributed by atoms with Gasteiger partial charge in [-0.15, -0.1) is 0 Å². The predicted octanol–water partition coefficient (Wildman–Crippen LogP) is 2.24. The molecule has 27 heavy (non-hydrogen) atoms. The first-order chi connectivity index (χ1) is 13.1. The first-order valence-electron chi connectivity index (χ1n) is 9.13. The SMILES string of the molecule is CCCn1c(=O)[nH]c(=O)c2cc(C(=O)Nc3ccc4c(c3)CCC4)cnc21. The molecule has 7 heteroatoms. The van der Waals surface area contributed by atoms with Gasteiger partial charge in [-0.2, -0.15) is 0 Å². The minimum Gasteiger partial charge on any atom is -0.322 e. The molecule has 2 heterocycles. The van der Waals surface area contributed by atoms with Crippen LogP contribution in [0.3, 0.4) is 0 Å². The molecular formula is C20H20N4O3. The number of aromatic amines is 1. The molecule has 0 radical (unpaired) electrons. The van der Waals surface area contributed by atoms with E-state index in [4.69, 9.17) is 0 Å². The first kappa shape index (κ1) is 17.2. The van der Waals surface area contributed by atoms with E-state index in [2.05, 4.69) is 15.3 Å². The van der Waals surface area contributed by atoms with Gasteiger partial charge in [0.15, 0.2) is 0 Å². The Hall–Kier alpha value is -3.22. The van der Waals surface area contributed by atoms with Crippen LogP contribution in [0.15, 0.2) is 40.1 Å². The second kappa shape index (κ2) is 6.83. The maximum atomic E-state index is 12.6. The zero-order valence-electron chi connectivity index (χ0n) is 15.0. The van der Waals surface area contributed by atoms with E-state index in [-0.39, 0.29) is 16.9 Å². The van der Waals surface area contributed by atoms with Gasteiger partial charge in [-0.25, -0.2) is 9.78 Å². The van der Waals surface area contributed by atoms with Gasteiger partial charge in [0.2, 0.25) is 0 Å². The largest absolute Gasteiger partial charge is 0.329 e. The average molecular weight is 364 g/mol. The quantitative estimate of drug-likeness (QED) is 0.742. The summed E-state index contributed by atoms with van der Waals surface area (Å²) in [6.07, 6.45) is 5.38. The van der Waals surface area contributed by atoms with Crippen molar-refractivity contribution in [2.24, 2.45) is 0 Å². The van der Waals surface area contributed by atoms with E-state index in [0.29, 0.717) is 12.2 Å². The highest BCUT2D eigenvalue weighted by Crippen LogP contribution is 2.25. The van der Waals surface area contributed by atoms with Gasteiger partial charge in [-0.3, -0.25) is 19.1 Å². The minimum absolute atomic E-state index is 0.227. The summed E-state index contributed by atoms with van der Waals surface area (Å²) in [5.74, 6) is -0.338. The lowest BCUT2D eigenvalue weighted by molar-refractivity contribution is 0.102. The second-order valence-corrected chi connectivity index (χ2v) is 6.80. The predicted molar refractivity (Wildman–Crippen MR) is 103 cm³/mol. The molecule has 1 aliphatic carbocycles. The highest BCUT2D eigenvalue weighted by molar-refractivity contribution is 6.05. The van der Waals surface area contributed by atoms with Crippen molar-refractivity contribution in [3.8, 4) is 0 Å². The molecule has 138 valence electrons. The molecule has 3 aromatic rings. The van der Waals surface area contributed by atoms with Crippen LogP contribution in [0, 0.1) is 0 Å². The fraction of sp³-hybridized carbons (Fsp3) is 0.300. The van der Waals surface area contributed by atoms with Crippen LogP contribution in [-0.4, -0.2) is 20.4 Å². The van der Waals surface area contributed by atoms with Crippen molar-refractivity contribution in [1.82, 2.24) is 14.5 Å². The highest BCUT2D eigenvalue weighted by atomic mass is 16.2. The Kier molecular flexibility index (Phi) is 4.35. The van der Waals surface area contributed by atoms with Gasteiger partial charge in [-0.1, -0.05) is 13.0 Å². The molecule has 0 atom stereocenters. The van der Waals surface area contributed by atoms with Crippen LogP contribution in [0.4, 0.5) is 5.69 Å². The molecule has 1 aliphatic rings. The zero-order chi connectivity index (χ0) is 19.0. The molecule has 0 saturated heterocycles. The van der Waals surface area contributed by atoms with Gasteiger partial charge in [-0.05, 0) is 55.0 Å². The molecule has 2 aromatic heterocycles. The van der Waals surface area contributed by atoms with Crippen LogP contribution < -0.4 is 16.6 Å². The number of anilines is 1. The van der Waals surface area contributed by atoms with Gasteiger partial charge < -0.3 is 5.32 Å². The Morgan fingerprint density at radius 2 is 2.04 bits per heavy atom. The number of rotatable bonds is 4. The molecule has 1 amide bonds. The number of H-pyrrole nitrogens is 1. The van der Waals surface area contributed by atoms with E-state index in [1.807, 2.05) is 25.1 Å². The van der Waals surface area contributed by atoms with Crippen molar-refractivity contribution in [2.75, 3.05) is 5.32 Å². The number of aromatic nitrogens is 3. The summed E-state index contributed by atoms with van der Waals surface area (Å²) >= 11 is 0. The van der Waals surface area contributed by atoms with E-state index in [1.165, 1.54) is 28.0 Å². The maximum Gasteiger partial charge on any atom is 0.329 e. The molecule has 2 N–H and O–H groups in total. The number of aryl methyl sites for hydroxylation is 3. The summed E-state index contributed by atoms with van der Waals surface area (Å²) in [6, 6.07) is 7.42. The summed E-state index contributed by atoms with van der Waals surface area (Å²) in [5, 5.41) is 3.09. The second-order valence-electron chi connectivity index (χ2n) is 6.80. The number of carbonyl (C=O) groups is 1. The third-order valence-electron chi connectivity index (χ3n) is 4.90. The monoisotopic (exact) mass is 364 g/mol. The number of pyridine rings is 1. The molecule has 0 fully saturated rings. The van der Waals surface area contributed by atoms with E-state index < -0.39 is 11.2 Å². The molecular weight excluding hydrogens is 344 g/mol. The van der Waals surface area contributed by atoms with E-state index in [9.17, 15) is 14.4 Å². The molecule has 0 saturated carbocycles. The van der Waals surface area contributed by atoms with Gasteiger partial charge >= 0.3 is 5.69 Å². The Morgan fingerprint density at radius 1 is 1.22 bits per heavy atom. The smallest absolute Gasteiger partial charge is 0.322 e. The maximum absolute atomic E-state index is 12.6. The third-order valence-corrected chi connectivity index (χ3v) is 4.90. The molecule has 4 rings (SSSR count). The molecule has 0 bridgehead atoms. The normalized spacial score (nSPS) is 12.9. The molecule has 0 spiro atoms. The van der Waals surface area contributed by atoms with Crippen LogP contribution in [0.5, 0.6) is 0 Å². The fourth-order valence-electron chi connectivity index (χ4n) is 3.58. The third kappa shape index (κ3) is 3.16. The summed E-state index contributed by atoms with van der Waals surface area (Å²) < 4.78 is 1.42. The molecule has 7 nitrogen and oxygen atoms in total. The van der Waals surface area contributed by atoms with Crippen LogP contribution in [0.2, 0.25) is 0 Å². The lowest BCUT2D eigenvalue weighted by Gasteiger charge is -2.10. The van der Waals surface area contributed by atoms with Gasteiger partial charge in [0.1, 0.15) is 5.65 Å². The van der Waals surface area contributed by atoms with Crippen LogP contribution >= 0.6 is 0 Å². The van der Waals surface area contributed by atoms with Gasteiger partial charge in [0, 0.05) is 18.4 Å². The van der Waals surface area contributed by atoms with Crippen molar-refractivity contribution >= 4 is 22.6 Å². The van der Waals surface area contributed by atoms with Crippen LogP contribution in [0.25, 0.3) is 11.0 Å². The summed E-state index contributed by atoms with van der Waals surface area (Å²) in [5.41, 5.74) is 2.87. The van der Waals surface area contributed by atoms with Crippen molar-refractivity contribution in [1.29, 1.82) is 0 Å². The Morgan fingerprint density at radius 3 is 2.85 bits per heavy atom. The number of benzene rings is 1. The fourth-order valence-corrected chi connectivity index (χ4v) is 3.58. The number of fused-ring (bicyclic) bond motifs is 2. The van der Waals surface area contributed by atoms with E-state index >= 15 is 0 Å². The zero-order valence-corrected chi connectivity index (χ0v) is 15.0. The summed E-state index contributed by atoms with van der Waals surface area (Å²) in [4.78, 5) is 43.3. The summed E-state index contributed by atoms with van der Waals surface area (Å²) in [7, 11) is 0. The number of hydrogen-bond acceptors (Lipinski definition) is 4. The van der Waals surface area contributed by atoms with E-state index in [0.717, 1.165) is 31.4 Å². The van der Waals surface area contributed by atoms with Crippen LogP contribution in [0.1, 0.15) is 41.3 Å². The van der Waals surface area contributed by atoms with Crippen molar-refractivity contribution < 1.29 is 4.79 Å². The van der Waals surface area contributed by atoms with Gasteiger partial charge in [0.05, 0.1) is 10.9 Å². The first-order valence-corrected chi connectivity index (χ1v) is 9.13. The Labute approximate surface area is 155 Å². The lowest BCUT2D eigenvalue weighted by Crippen LogP contribution is -2.31. The number of carbonyl (C=O) groups excluding carboxylic acids is 1. The summed E-state index contributed by atoms with van der Waals surface area (Å²) in [6.45, 7) is 2.38. The van der Waals surface area contributed by atoms with E-state index in [1.54, 1.807) is 0 Å². The number of nitrogens with zero attached hydrogens (tertiary/aromatic N) is 2. The number of nitrogens with one attached hydrogen (secondary N) is 2. The van der Waals surface area contributed by atoms with Crippen molar-refractivity contribution in [3.05, 3.63) is 68.0 Å². The average Bonchev–Trinajstić information content (AvgIpc) is 3.12. The van der Waals surface area contributed by atoms with Gasteiger partial charge in [0.25, 0.3) is 11.5 Å². The van der Waals surface area contributed by atoms with Crippen LogP contribution in [-0.2, 0) is 19.4 Å². The number of amides is 1. The van der Waals surface area contributed by atoms with Crippen molar-refractivity contribution in [2.45, 2.75) is 39.2 Å². The standard InChI is InChI=1S/C20H20N4O3/c1-2-8-24-17-16(19(26)23-20(24)27)10-14(11-21-17)18(25)22-15-7-6-12-4-3-5-13(12)9-15/h6-7,9-11H,2-5,8H2,1H3,(H,22,25)(H,23,26,27). The Balaban J connectivity index is 1.68. The highest BCUT2D eigenvalue weighted by Gasteiger charge is 2.15. The Bertz CT molecular complexity index is 1160. The topological polar surface area (TPSA) is 96.9 Å². The minimum atomic E-state index is -0.540. The van der Waals surface area contributed by atoms with Crippen molar-refractivity contribution in [3.63, 3.8) is 0 Å². The molecule has 0 aliphatic heterocycles. The lowest BCUT2D eigenvalue weighted by atomic mass is 10.1. The molecule has 1 aromatic carbocycles. The number of hydrogen-bond donors (Lipinski definition) is 2.